The lowest BCUT2D eigenvalue weighted by Crippen LogP contribution is -2.10. The first-order valence-electron chi connectivity index (χ1n) is 10.5. The molecule has 0 saturated carbocycles. The van der Waals surface area contributed by atoms with Gasteiger partial charge in [-0.05, 0) is 47.5 Å². The van der Waals surface area contributed by atoms with E-state index in [0.717, 1.165) is 29.3 Å². The number of hydrogen-bond donors (Lipinski definition) is 2. The molecular formula is C24H18F3N5O4S. The molecule has 0 fully saturated rings. The maximum Gasteiger partial charge on any atom is 0.435 e. The maximum absolute atomic E-state index is 13.2. The molecule has 9 nitrogen and oxygen atoms in total. The number of carboxylic acid groups (broad SMARTS) is 1. The summed E-state index contributed by atoms with van der Waals surface area (Å²) in [7, 11) is -3.48. The Morgan fingerprint density at radius 3 is 2.54 bits per heavy atom. The Bertz CT molecular complexity index is 1610. The van der Waals surface area contributed by atoms with E-state index in [-0.39, 0.29) is 16.7 Å². The Kier molecular flexibility index (Phi) is 6.81. The second-order valence-corrected chi connectivity index (χ2v) is 9.81. The highest BCUT2D eigenvalue weighted by Crippen LogP contribution is 2.31. The average Bonchev–Trinajstić information content (AvgIpc) is 3.34. The number of carboxylic acids is 1. The Morgan fingerprint density at radius 1 is 1.11 bits per heavy atom. The van der Waals surface area contributed by atoms with E-state index in [9.17, 15) is 26.4 Å². The van der Waals surface area contributed by atoms with E-state index < -0.39 is 27.7 Å². The number of rotatable bonds is 7. The number of hydrogen-bond acceptors (Lipinski definition) is 7. The number of nitrogens with one attached hydrogen (secondary N) is 1. The van der Waals surface area contributed by atoms with Crippen LogP contribution in [0.2, 0.25) is 0 Å². The molecule has 0 aliphatic carbocycles. The summed E-state index contributed by atoms with van der Waals surface area (Å²) >= 11 is 0. The van der Waals surface area contributed by atoms with Crippen LogP contribution in [0.1, 0.15) is 11.3 Å². The standard InChI is InChI=1S/C24H18F3N5O4S/c1-37(35,36)18-7-3-6-17(13-18)29-23-28-14-19(16-5-2-4-15(12-16)8-9-21(33)34)22(30-23)32-11-10-20(31-32)24(25,26)27/h2-14H,1H3,(H,33,34)(H,28,29,30)/b9-8+. The fraction of sp³-hybridized carbons (Fsp3) is 0.0833. The Hall–Kier alpha value is -4.52. The third-order valence-electron chi connectivity index (χ3n) is 5.00. The average molecular weight is 530 g/mol. The number of alkyl halides is 3. The second kappa shape index (κ2) is 9.85. The van der Waals surface area contributed by atoms with Crippen LogP contribution < -0.4 is 5.32 Å². The van der Waals surface area contributed by atoms with Gasteiger partial charge in [0.05, 0.1) is 4.90 Å². The van der Waals surface area contributed by atoms with Crippen LogP contribution >= 0.6 is 0 Å². The van der Waals surface area contributed by atoms with E-state index >= 15 is 0 Å². The molecule has 0 spiro atoms. The van der Waals surface area contributed by atoms with Crippen molar-refractivity contribution in [3.8, 4) is 16.9 Å². The summed E-state index contributed by atoms with van der Waals surface area (Å²) in [6.45, 7) is 0. The van der Waals surface area contributed by atoms with Gasteiger partial charge in [-0.15, -0.1) is 0 Å². The number of aromatic nitrogens is 4. The summed E-state index contributed by atoms with van der Waals surface area (Å²) in [4.78, 5) is 19.5. The molecule has 0 aliphatic rings. The van der Waals surface area contributed by atoms with E-state index in [0.29, 0.717) is 22.4 Å². The van der Waals surface area contributed by atoms with E-state index in [2.05, 4.69) is 20.4 Å². The summed E-state index contributed by atoms with van der Waals surface area (Å²) in [6.07, 6.45) is 1.19. The minimum atomic E-state index is -4.67. The number of nitrogens with zero attached hydrogens (tertiary/aromatic N) is 4. The van der Waals surface area contributed by atoms with E-state index in [1.165, 1.54) is 30.5 Å². The molecular weight excluding hydrogens is 511 g/mol. The summed E-state index contributed by atoms with van der Waals surface area (Å²) < 4.78 is 64.4. The fourth-order valence-corrected chi connectivity index (χ4v) is 3.98. The first kappa shape index (κ1) is 25.6. The lowest BCUT2D eigenvalue weighted by atomic mass is 10.0. The number of carbonyl (C=O) groups is 1. The zero-order valence-corrected chi connectivity index (χ0v) is 19.8. The molecule has 2 N–H and O–H groups in total. The van der Waals surface area contributed by atoms with Crippen LogP contribution in [-0.2, 0) is 20.8 Å². The van der Waals surface area contributed by atoms with Crippen LogP contribution in [0.5, 0.6) is 0 Å². The highest BCUT2D eigenvalue weighted by Gasteiger charge is 2.34. The van der Waals surface area contributed by atoms with Gasteiger partial charge in [-0.1, -0.05) is 24.3 Å². The summed E-state index contributed by atoms with van der Waals surface area (Å²) in [5.41, 5.74) is 0.571. The van der Waals surface area contributed by atoms with Crippen LogP contribution in [-0.4, -0.2) is 45.5 Å². The molecule has 0 radical (unpaired) electrons. The summed E-state index contributed by atoms with van der Waals surface area (Å²) in [5.74, 6) is -1.15. The predicted molar refractivity (Wildman–Crippen MR) is 129 cm³/mol. The molecule has 13 heteroatoms. The SMILES string of the molecule is CS(=O)(=O)c1cccc(Nc2ncc(-c3cccc(/C=C/C(=O)O)c3)c(-n3ccc(C(F)(F)F)n3)n2)c1. The van der Waals surface area contributed by atoms with Gasteiger partial charge >= 0.3 is 12.1 Å². The minimum absolute atomic E-state index is 0.00614. The summed E-state index contributed by atoms with van der Waals surface area (Å²) in [6, 6.07) is 13.3. The molecule has 4 rings (SSSR count). The first-order valence-corrected chi connectivity index (χ1v) is 12.4. The third-order valence-corrected chi connectivity index (χ3v) is 6.11. The molecule has 0 saturated heterocycles. The van der Waals surface area contributed by atoms with Gasteiger partial charge < -0.3 is 10.4 Å². The molecule has 2 aromatic carbocycles. The van der Waals surface area contributed by atoms with Gasteiger partial charge in [-0.3, -0.25) is 0 Å². The van der Waals surface area contributed by atoms with Crippen LogP contribution in [0.3, 0.4) is 0 Å². The van der Waals surface area contributed by atoms with Gasteiger partial charge in [-0.2, -0.15) is 23.3 Å². The van der Waals surface area contributed by atoms with E-state index in [4.69, 9.17) is 5.11 Å². The van der Waals surface area contributed by atoms with Gasteiger partial charge in [0.2, 0.25) is 5.95 Å². The van der Waals surface area contributed by atoms with Crippen molar-refractivity contribution in [2.75, 3.05) is 11.6 Å². The quantitative estimate of drug-likeness (QED) is 0.333. The van der Waals surface area contributed by atoms with Crippen molar-refractivity contribution in [1.29, 1.82) is 0 Å². The predicted octanol–water partition coefficient (Wildman–Crippen LogP) is 4.59. The monoisotopic (exact) mass is 529 g/mol. The molecule has 37 heavy (non-hydrogen) atoms. The number of anilines is 2. The highest BCUT2D eigenvalue weighted by molar-refractivity contribution is 7.90. The normalized spacial score (nSPS) is 12.1. The molecule has 0 bridgehead atoms. The number of halogens is 3. The molecule has 0 amide bonds. The van der Waals surface area contributed by atoms with Gasteiger partial charge in [-0.25, -0.2) is 22.9 Å². The number of aliphatic carboxylic acids is 1. The largest absolute Gasteiger partial charge is 0.478 e. The highest BCUT2D eigenvalue weighted by atomic mass is 32.2. The van der Waals surface area contributed by atoms with Crippen molar-refractivity contribution in [2.45, 2.75) is 11.1 Å². The van der Waals surface area contributed by atoms with Gasteiger partial charge in [0.1, 0.15) is 0 Å². The zero-order chi connectivity index (χ0) is 26.8. The van der Waals surface area contributed by atoms with Crippen LogP contribution in [0.15, 0.2) is 78.0 Å². The Balaban J connectivity index is 1.80. The summed E-state index contributed by atoms with van der Waals surface area (Å²) in [5, 5.41) is 15.4. The third kappa shape index (κ3) is 6.19. The Morgan fingerprint density at radius 2 is 1.86 bits per heavy atom. The van der Waals surface area contributed by atoms with Crippen LogP contribution in [0, 0.1) is 0 Å². The molecule has 0 unspecified atom stereocenters. The van der Waals surface area contributed by atoms with E-state index in [1.807, 2.05) is 0 Å². The first-order chi connectivity index (χ1) is 17.4. The lowest BCUT2D eigenvalue weighted by Gasteiger charge is -2.13. The smallest absolute Gasteiger partial charge is 0.435 e. The number of sulfone groups is 1. The van der Waals surface area contributed by atoms with Gasteiger partial charge in [0, 0.05) is 36.0 Å². The molecule has 2 aromatic heterocycles. The van der Waals surface area contributed by atoms with E-state index in [1.54, 1.807) is 30.3 Å². The lowest BCUT2D eigenvalue weighted by molar-refractivity contribution is -0.141. The minimum Gasteiger partial charge on any atom is -0.478 e. The van der Waals surface area contributed by atoms with Crippen molar-refractivity contribution in [3.05, 3.63) is 84.3 Å². The fourth-order valence-electron chi connectivity index (χ4n) is 3.32. The van der Waals surface area contributed by atoms with Gasteiger partial charge in [0.25, 0.3) is 0 Å². The number of benzene rings is 2. The maximum atomic E-state index is 13.2. The molecule has 190 valence electrons. The second-order valence-electron chi connectivity index (χ2n) is 7.80. The Labute approximate surface area is 208 Å². The van der Waals surface area contributed by atoms with Crippen LogP contribution in [0.25, 0.3) is 23.0 Å². The van der Waals surface area contributed by atoms with Gasteiger partial charge in [0.15, 0.2) is 21.3 Å². The van der Waals surface area contributed by atoms with Crippen LogP contribution in [0.4, 0.5) is 24.8 Å². The van der Waals surface area contributed by atoms with Crippen molar-refractivity contribution in [3.63, 3.8) is 0 Å². The molecule has 4 aromatic rings. The van der Waals surface area contributed by atoms with Crippen molar-refractivity contribution in [2.24, 2.45) is 0 Å². The zero-order valence-electron chi connectivity index (χ0n) is 19.0. The van der Waals surface area contributed by atoms with Crippen molar-refractivity contribution in [1.82, 2.24) is 19.7 Å². The molecule has 2 heterocycles. The topological polar surface area (TPSA) is 127 Å². The van der Waals surface area contributed by atoms with Crippen molar-refractivity contribution >= 4 is 33.5 Å². The molecule has 0 atom stereocenters. The molecule has 0 aliphatic heterocycles. The van der Waals surface area contributed by atoms with Crippen molar-refractivity contribution < 1.29 is 31.5 Å².